The zero-order chi connectivity index (χ0) is 23.1. The van der Waals surface area contributed by atoms with Crippen molar-refractivity contribution >= 4 is 17.5 Å². The van der Waals surface area contributed by atoms with E-state index < -0.39 is 0 Å². The number of carbonyl (C=O) groups excluding carboxylic acids is 2. The number of benzene rings is 1. The van der Waals surface area contributed by atoms with Gasteiger partial charge in [0.1, 0.15) is 0 Å². The Morgan fingerprint density at radius 2 is 1.70 bits per heavy atom. The Morgan fingerprint density at radius 3 is 2.42 bits per heavy atom. The van der Waals surface area contributed by atoms with Crippen LogP contribution in [0.2, 0.25) is 0 Å². The Morgan fingerprint density at radius 1 is 0.939 bits per heavy atom. The normalized spacial score (nSPS) is 18.5. The van der Waals surface area contributed by atoms with Crippen molar-refractivity contribution in [2.75, 3.05) is 24.5 Å². The van der Waals surface area contributed by atoms with Gasteiger partial charge in [0.05, 0.1) is 17.7 Å². The van der Waals surface area contributed by atoms with Crippen LogP contribution in [0.3, 0.4) is 0 Å². The molecule has 0 bridgehead atoms. The molecule has 0 radical (unpaired) electrons. The van der Waals surface area contributed by atoms with Gasteiger partial charge in [-0.15, -0.1) is 0 Å². The van der Waals surface area contributed by atoms with Gasteiger partial charge in [0.25, 0.3) is 5.56 Å². The fraction of sp³-hybridized carbons (Fsp3) is 0.320. The molecule has 2 saturated heterocycles. The van der Waals surface area contributed by atoms with Crippen LogP contribution in [0, 0.1) is 19.8 Å². The van der Waals surface area contributed by atoms with E-state index in [1.807, 2.05) is 44.2 Å². The summed E-state index contributed by atoms with van der Waals surface area (Å²) < 4.78 is 1.46. The first-order valence-corrected chi connectivity index (χ1v) is 11.1. The summed E-state index contributed by atoms with van der Waals surface area (Å²) in [4.78, 5) is 45.5. The second-order valence-electron chi connectivity index (χ2n) is 8.81. The van der Waals surface area contributed by atoms with Crippen LogP contribution in [0.1, 0.15) is 23.6 Å². The molecule has 5 rings (SSSR count). The van der Waals surface area contributed by atoms with Crippen LogP contribution in [0.4, 0.5) is 5.69 Å². The molecule has 8 heteroatoms. The quantitative estimate of drug-likeness (QED) is 0.618. The maximum Gasteiger partial charge on any atom is 0.267 e. The van der Waals surface area contributed by atoms with Gasteiger partial charge < -0.3 is 9.80 Å². The van der Waals surface area contributed by atoms with Gasteiger partial charge in [-0.25, -0.2) is 4.68 Å². The first-order valence-electron chi connectivity index (χ1n) is 11.1. The summed E-state index contributed by atoms with van der Waals surface area (Å²) in [5.74, 6) is -0.436. The number of likely N-dealkylation sites (tertiary alicyclic amines) is 1. The molecule has 2 amide bonds. The van der Waals surface area contributed by atoms with Crippen molar-refractivity contribution < 1.29 is 9.59 Å². The monoisotopic (exact) mass is 443 g/mol. The molecule has 2 fully saturated rings. The van der Waals surface area contributed by atoms with E-state index in [4.69, 9.17) is 0 Å². The number of aromatic nitrogens is 3. The third-order valence-corrected chi connectivity index (χ3v) is 6.60. The van der Waals surface area contributed by atoms with E-state index in [0.29, 0.717) is 25.3 Å². The fourth-order valence-electron chi connectivity index (χ4n) is 4.43. The lowest BCUT2D eigenvalue weighted by atomic mass is 10.0. The maximum atomic E-state index is 13.1. The smallest absolute Gasteiger partial charge is 0.267 e. The number of hydrogen-bond acceptors (Lipinski definition) is 5. The highest BCUT2D eigenvalue weighted by Crippen LogP contribution is 2.30. The van der Waals surface area contributed by atoms with E-state index in [1.54, 1.807) is 28.3 Å². The van der Waals surface area contributed by atoms with Gasteiger partial charge in [-0.3, -0.25) is 19.4 Å². The Hall–Kier alpha value is -3.81. The zero-order valence-corrected chi connectivity index (χ0v) is 18.6. The topological polar surface area (TPSA) is 88.4 Å². The Kier molecular flexibility index (Phi) is 5.28. The molecular formula is C25H25N5O3. The molecule has 1 unspecified atom stereocenters. The third kappa shape index (κ3) is 3.92. The summed E-state index contributed by atoms with van der Waals surface area (Å²) in [5.41, 5.74) is 4.49. The second kappa shape index (κ2) is 8.27. The lowest BCUT2D eigenvalue weighted by molar-refractivity contribution is -0.141. The standard InChI is InChI=1S/C25H25N5O3/c1-16-3-4-20(11-17(16)2)29-13-19(12-24(29)32)25(33)28-14-21(15-28)30-23(31)6-5-22(27-30)18-7-9-26-10-8-18/h3-11,19,21H,12-15H2,1-2H3. The van der Waals surface area contributed by atoms with Crippen molar-refractivity contribution in [3.63, 3.8) is 0 Å². The summed E-state index contributed by atoms with van der Waals surface area (Å²) in [7, 11) is 0. The molecule has 0 spiro atoms. The molecular weight excluding hydrogens is 418 g/mol. The van der Waals surface area contributed by atoms with Crippen molar-refractivity contribution in [3.8, 4) is 11.3 Å². The molecule has 0 aliphatic carbocycles. The van der Waals surface area contributed by atoms with Crippen LogP contribution in [-0.2, 0) is 9.59 Å². The number of anilines is 1. The molecule has 0 saturated carbocycles. The second-order valence-corrected chi connectivity index (χ2v) is 8.81. The molecule has 0 N–H and O–H groups in total. The molecule has 33 heavy (non-hydrogen) atoms. The fourth-order valence-corrected chi connectivity index (χ4v) is 4.43. The molecule has 2 aliphatic rings. The van der Waals surface area contributed by atoms with E-state index in [9.17, 15) is 14.4 Å². The maximum absolute atomic E-state index is 13.1. The van der Waals surface area contributed by atoms with E-state index in [-0.39, 0.29) is 35.8 Å². The van der Waals surface area contributed by atoms with Crippen molar-refractivity contribution in [1.82, 2.24) is 19.7 Å². The predicted octanol–water partition coefficient (Wildman–Crippen LogP) is 2.36. The SMILES string of the molecule is Cc1ccc(N2CC(C(=O)N3CC(n4nc(-c5ccncc5)ccc4=O)C3)CC2=O)cc1C. The minimum absolute atomic E-state index is 0.0309. The van der Waals surface area contributed by atoms with E-state index in [0.717, 1.165) is 16.8 Å². The van der Waals surface area contributed by atoms with Crippen molar-refractivity contribution in [2.45, 2.75) is 26.3 Å². The zero-order valence-electron chi connectivity index (χ0n) is 18.6. The minimum atomic E-state index is -0.368. The highest BCUT2D eigenvalue weighted by atomic mass is 16.2. The molecule has 3 aromatic rings. The summed E-state index contributed by atoms with van der Waals surface area (Å²) in [6, 6.07) is 12.6. The van der Waals surface area contributed by atoms with Gasteiger partial charge in [0.2, 0.25) is 11.8 Å². The minimum Gasteiger partial charge on any atom is -0.338 e. The Bertz CT molecular complexity index is 1280. The van der Waals surface area contributed by atoms with Crippen LogP contribution >= 0.6 is 0 Å². The van der Waals surface area contributed by atoms with Gasteiger partial charge >= 0.3 is 0 Å². The summed E-state index contributed by atoms with van der Waals surface area (Å²) in [6.07, 6.45) is 3.57. The predicted molar refractivity (Wildman–Crippen MR) is 124 cm³/mol. The number of hydrogen-bond donors (Lipinski definition) is 0. The number of aryl methyl sites for hydroxylation is 2. The summed E-state index contributed by atoms with van der Waals surface area (Å²) in [5, 5.41) is 4.51. The molecule has 1 aromatic carbocycles. The first-order chi connectivity index (χ1) is 15.9. The first kappa shape index (κ1) is 21.1. The van der Waals surface area contributed by atoms with Crippen LogP contribution in [0.15, 0.2) is 59.7 Å². The largest absolute Gasteiger partial charge is 0.338 e. The van der Waals surface area contributed by atoms with E-state index in [2.05, 4.69) is 10.1 Å². The van der Waals surface area contributed by atoms with Gasteiger partial charge in [-0.05, 0) is 55.3 Å². The van der Waals surface area contributed by atoms with E-state index >= 15 is 0 Å². The third-order valence-electron chi connectivity index (χ3n) is 6.60. The van der Waals surface area contributed by atoms with Gasteiger partial charge in [-0.2, -0.15) is 5.10 Å². The lowest BCUT2D eigenvalue weighted by Crippen LogP contribution is -2.55. The molecule has 4 heterocycles. The van der Waals surface area contributed by atoms with Crippen molar-refractivity contribution in [1.29, 1.82) is 0 Å². The number of carbonyl (C=O) groups is 2. The van der Waals surface area contributed by atoms with Crippen molar-refractivity contribution in [3.05, 3.63) is 76.3 Å². The number of nitrogens with zero attached hydrogens (tertiary/aromatic N) is 5. The molecule has 1 atom stereocenters. The lowest BCUT2D eigenvalue weighted by Gasteiger charge is -2.40. The highest BCUT2D eigenvalue weighted by Gasteiger charge is 2.41. The van der Waals surface area contributed by atoms with Gasteiger partial charge in [-0.1, -0.05) is 6.07 Å². The average molecular weight is 444 g/mol. The molecule has 8 nitrogen and oxygen atoms in total. The number of rotatable bonds is 4. The molecule has 2 aromatic heterocycles. The average Bonchev–Trinajstić information content (AvgIpc) is 3.18. The number of pyridine rings is 1. The Labute approximate surface area is 191 Å². The highest BCUT2D eigenvalue weighted by molar-refractivity contribution is 6.00. The number of amides is 2. The van der Waals surface area contributed by atoms with Crippen LogP contribution in [0.25, 0.3) is 11.3 Å². The van der Waals surface area contributed by atoms with E-state index in [1.165, 1.54) is 16.3 Å². The van der Waals surface area contributed by atoms with Crippen LogP contribution in [0.5, 0.6) is 0 Å². The summed E-state index contributed by atoms with van der Waals surface area (Å²) >= 11 is 0. The Balaban J connectivity index is 1.25. The molecule has 168 valence electrons. The molecule has 2 aliphatic heterocycles. The van der Waals surface area contributed by atoms with Gasteiger partial charge in [0, 0.05) is 55.8 Å². The summed E-state index contributed by atoms with van der Waals surface area (Å²) in [6.45, 7) is 5.27. The van der Waals surface area contributed by atoms with Crippen LogP contribution in [-0.4, -0.2) is 51.1 Å². The van der Waals surface area contributed by atoms with Gasteiger partial charge in [0.15, 0.2) is 0 Å². The van der Waals surface area contributed by atoms with Crippen LogP contribution < -0.4 is 10.5 Å². The van der Waals surface area contributed by atoms with Crippen molar-refractivity contribution in [2.24, 2.45) is 5.92 Å².